The number of unbranched alkanes of at least 4 members (excludes halogenated alkanes) is 6. The molecule has 1 atom stereocenters. The van der Waals surface area contributed by atoms with Crippen molar-refractivity contribution < 1.29 is 13.3 Å². The van der Waals surface area contributed by atoms with Crippen LogP contribution in [0.1, 0.15) is 51.9 Å². The first-order chi connectivity index (χ1) is 11.0. The maximum Gasteiger partial charge on any atom is 0.318 e. The third kappa shape index (κ3) is 13.1. The zero-order valence-corrected chi connectivity index (χ0v) is 20.5. The van der Waals surface area contributed by atoms with Crippen LogP contribution in [0.4, 0.5) is 0 Å². The lowest BCUT2D eigenvalue weighted by molar-refractivity contribution is -0.130. The van der Waals surface area contributed by atoms with Crippen molar-refractivity contribution in [3.63, 3.8) is 0 Å². The quantitative estimate of drug-likeness (QED) is 0.241. The zero-order valence-electron chi connectivity index (χ0n) is 17.3. The van der Waals surface area contributed by atoms with Crippen LogP contribution in [0.5, 0.6) is 0 Å². The van der Waals surface area contributed by atoms with Crippen molar-refractivity contribution in [2.24, 2.45) is 0 Å². The van der Waals surface area contributed by atoms with Gasteiger partial charge in [0.25, 0.3) is 0 Å². The first kappa shape index (κ1) is 23.8. The minimum Gasteiger partial charge on any atom is -0.517 e. The van der Waals surface area contributed by atoms with Gasteiger partial charge in [0.2, 0.25) is 8.32 Å². The first-order valence-corrected chi connectivity index (χ1v) is 18.6. The molecule has 0 radical (unpaired) electrons. The summed E-state index contributed by atoms with van der Waals surface area (Å²) in [6, 6.07) is 0. The van der Waals surface area contributed by atoms with Gasteiger partial charge in [0.1, 0.15) is 0 Å². The van der Waals surface area contributed by atoms with Gasteiger partial charge in [0, 0.05) is 5.20 Å². The van der Waals surface area contributed by atoms with Gasteiger partial charge in [0.15, 0.2) is 17.4 Å². The largest absolute Gasteiger partial charge is 0.517 e. The fourth-order valence-electron chi connectivity index (χ4n) is 2.53. The second-order valence-corrected chi connectivity index (χ2v) is 20.1. The van der Waals surface area contributed by atoms with Gasteiger partial charge in [-0.1, -0.05) is 45.1 Å². The predicted molar refractivity (Wildman–Crippen MR) is 113 cm³/mol. The van der Waals surface area contributed by atoms with Crippen LogP contribution in [-0.4, -0.2) is 31.6 Å². The molecule has 0 spiro atoms. The normalized spacial score (nSPS) is 14.6. The van der Waals surface area contributed by atoms with E-state index in [1.54, 1.807) is 0 Å². The molecule has 0 aromatic heterocycles. The fourth-order valence-corrected chi connectivity index (χ4v) is 8.96. The first-order valence-electron chi connectivity index (χ1n) is 9.57. The van der Waals surface area contributed by atoms with Crippen molar-refractivity contribution in [2.45, 2.75) is 97.7 Å². The number of allylic oxidation sites excluding steroid dienone is 1. The van der Waals surface area contributed by atoms with Crippen molar-refractivity contribution in [1.29, 1.82) is 0 Å². The molecule has 0 heterocycles. The highest BCUT2D eigenvalue weighted by Crippen LogP contribution is 2.17. The maximum absolute atomic E-state index is 12.6. The smallest absolute Gasteiger partial charge is 0.318 e. The van der Waals surface area contributed by atoms with E-state index < -0.39 is 25.7 Å². The molecule has 0 fully saturated rings. The predicted octanol–water partition coefficient (Wildman–Crippen LogP) is 5.79. The molecule has 0 aromatic rings. The number of hydrogen-bond donors (Lipinski definition) is 0. The molecule has 0 aliphatic heterocycles. The zero-order chi connectivity index (χ0) is 18.8. The van der Waals surface area contributed by atoms with E-state index >= 15 is 0 Å². The van der Waals surface area contributed by atoms with Gasteiger partial charge in [0.05, 0.1) is 0 Å². The van der Waals surface area contributed by atoms with Gasteiger partial charge < -0.3 is 8.54 Å². The molecular formula is C18H40O3Si3. The van der Waals surface area contributed by atoms with Crippen molar-refractivity contribution in [1.82, 2.24) is 0 Å². The summed E-state index contributed by atoms with van der Waals surface area (Å²) in [6.45, 7) is 17.1. The van der Waals surface area contributed by atoms with Crippen LogP contribution in [0.2, 0.25) is 45.8 Å². The Kier molecular flexibility index (Phi) is 11.4. The number of carbonyl (C=O) groups excluding carboxylic acids is 1. The standard InChI is InChI=1S/C18H40O3Si3/c1-9-10-11-12-13-14-15-16-17(18(19)20-23(3,4)5)22(2)21-24(6,7)8/h16,22H,9-15H2,1-8H3. The number of hydrogen-bond acceptors (Lipinski definition) is 3. The molecule has 0 N–H and O–H groups in total. The average molecular weight is 389 g/mol. The Hall–Kier alpha value is -0.179. The lowest BCUT2D eigenvalue weighted by Crippen LogP contribution is -2.39. The number of rotatable bonds is 12. The lowest BCUT2D eigenvalue weighted by Gasteiger charge is -2.26. The molecule has 0 aliphatic carbocycles. The Balaban J connectivity index is 4.73. The molecule has 24 heavy (non-hydrogen) atoms. The molecule has 0 amide bonds. The van der Waals surface area contributed by atoms with Gasteiger partial charge in [-0.3, -0.25) is 0 Å². The highest BCUT2D eigenvalue weighted by atomic mass is 28.4. The topological polar surface area (TPSA) is 35.5 Å². The maximum atomic E-state index is 12.6. The Bertz CT molecular complexity index is 395. The van der Waals surface area contributed by atoms with Crippen LogP contribution >= 0.6 is 0 Å². The highest BCUT2D eigenvalue weighted by Gasteiger charge is 2.29. The highest BCUT2D eigenvalue weighted by molar-refractivity contribution is 6.81. The van der Waals surface area contributed by atoms with E-state index in [4.69, 9.17) is 8.54 Å². The monoisotopic (exact) mass is 388 g/mol. The van der Waals surface area contributed by atoms with E-state index in [2.05, 4.69) is 58.8 Å². The third-order valence-corrected chi connectivity index (χ3v) is 9.91. The van der Waals surface area contributed by atoms with E-state index in [0.29, 0.717) is 0 Å². The van der Waals surface area contributed by atoms with E-state index in [-0.39, 0.29) is 5.97 Å². The molecule has 0 saturated carbocycles. The van der Waals surface area contributed by atoms with Gasteiger partial charge in [-0.05, 0) is 58.7 Å². The summed E-state index contributed by atoms with van der Waals surface area (Å²) in [5.74, 6) is -0.113. The van der Waals surface area contributed by atoms with Crippen molar-refractivity contribution >= 4 is 31.6 Å². The molecule has 142 valence electrons. The van der Waals surface area contributed by atoms with E-state index in [1.807, 2.05) is 0 Å². The van der Waals surface area contributed by atoms with Crippen LogP contribution in [0.3, 0.4) is 0 Å². The molecule has 0 bridgehead atoms. The lowest BCUT2D eigenvalue weighted by atomic mass is 10.1. The van der Waals surface area contributed by atoms with Crippen LogP contribution in [0, 0.1) is 0 Å². The molecule has 0 saturated heterocycles. The minimum absolute atomic E-state index is 0.113. The summed E-state index contributed by atoms with van der Waals surface area (Å²) in [5.41, 5.74) is 0. The summed E-state index contributed by atoms with van der Waals surface area (Å²) in [4.78, 5) is 12.6. The molecule has 0 aromatic carbocycles. The van der Waals surface area contributed by atoms with Crippen molar-refractivity contribution in [2.75, 3.05) is 0 Å². The Labute approximate surface area is 154 Å². The van der Waals surface area contributed by atoms with Gasteiger partial charge in [-0.25, -0.2) is 4.79 Å². The fraction of sp³-hybridized carbons (Fsp3) is 0.833. The molecule has 0 aliphatic rings. The third-order valence-electron chi connectivity index (χ3n) is 3.52. The molecule has 3 nitrogen and oxygen atoms in total. The molecular weight excluding hydrogens is 348 g/mol. The Morgan fingerprint density at radius 1 is 0.917 bits per heavy atom. The Morgan fingerprint density at radius 2 is 1.46 bits per heavy atom. The van der Waals surface area contributed by atoms with Crippen molar-refractivity contribution in [3.8, 4) is 0 Å². The van der Waals surface area contributed by atoms with Crippen molar-refractivity contribution in [3.05, 3.63) is 11.3 Å². The van der Waals surface area contributed by atoms with Crippen LogP contribution < -0.4 is 0 Å². The van der Waals surface area contributed by atoms with Crippen LogP contribution in [0.25, 0.3) is 0 Å². The molecule has 1 unspecified atom stereocenters. The summed E-state index contributed by atoms with van der Waals surface area (Å²) < 4.78 is 12.0. The van der Waals surface area contributed by atoms with E-state index in [1.165, 1.54) is 32.1 Å². The molecule has 6 heteroatoms. The second-order valence-electron chi connectivity index (χ2n) is 8.59. The summed E-state index contributed by atoms with van der Waals surface area (Å²) in [7, 11) is -5.19. The summed E-state index contributed by atoms with van der Waals surface area (Å²) >= 11 is 0. The molecule has 0 rings (SSSR count). The van der Waals surface area contributed by atoms with Crippen LogP contribution in [-0.2, 0) is 13.3 Å². The van der Waals surface area contributed by atoms with Gasteiger partial charge in [-0.15, -0.1) is 0 Å². The minimum atomic E-state index is -1.87. The average Bonchev–Trinajstić information content (AvgIpc) is 2.37. The van der Waals surface area contributed by atoms with Gasteiger partial charge in [-0.2, -0.15) is 0 Å². The summed E-state index contributed by atoms with van der Waals surface area (Å²) in [6.07, 6.45) is 10.7. The second kappa shape index (κ2) is 11.4. The van der Waals surface area contributed by atoms with E-state index in [0.717, 1.165) is 18.0 Å². The summed E-state index contributed by atoms with van der Waals surface area (Å²) in [5, 5.41) is 0.855. The van der Waals surface area contributed by atoms with Gasteiger partial charge >= 0.3 is 5.97 Å². The number of carbonyl (C=O) groups is 1. The van der Waals surface area contributed by atoms with E-state index in [9.17, 15) is 4.79 Å². The SMILES string of the molecule is CCCCCCCCC=C(C(=O)O[Si](C)(C)C)[SiH](C)O[Si](C)(C)C. The van der Waals surface area contributed by atoms with Crippen LogP contribution in [0.15, 0.2) is 11.3 Å². The Morgan fingerprint density at radius 3 is 1.96 bits per heavy atom.